The second kappa shape index (κ2) is 4.86. The van der Waals surface area contributed by atoms with Crippen LogP contribution in [0.15, 0.2) is 42.5 Å². The van der Waals surface area contributed by atoms with E-state index in [2.05, 4.69) is 52.0 Å². The highest BCUT2D eigenvalue weighted by Crippen LogP contribution is 2.40. The molecule has 0 amide bonds. The molecule has 4 heteroatoms. The van der Waals surface area contributed by atoms with E-state index in [-0.39, 0.29) is 18.3 Å². The van der Waals surface area contributed by atoms with E-state index in [1.807, 2.05) is 18.2 Å². The Morgan fingerprint density at radius 3 is 2.30 bits per heavy atom. The van der Waals surface area contributed by atoms with Crippen LogP contribution in [0.5, 0.6) is 5.75 Å². The summed E-state index contributed by atoms with van der Waals surface area (Å²) in [5.41, 5.74) is 3.83. The summed E-state index contributed by atoms with van der Waals surface area (Å²) in [6, 6.07) is 14.5. The van der Waals surface area contributed by atoms with Crippen LogP contribution >= 0.6 is 0 Å². The van der Waals surface area contributed by atoms with Gasteiger partial charge in [-0.25, -0.2) is 0 Å². The normalized spacial score (nSPS) is 20.6. The van der Waals surface area contributed by atoms with Gasteiger partial charge in [-0.2, -0.15) is 0 Å². The molecular weight excluding hydrogens is 287 g/mol. The molecule has 118 valence electrons. The summed E-state index contributed by atoms with van der Waals surface area (Å²) in [6.45, 7) is 8.91. The van der Waals surface area contributed by atoms with Crippen molar-refractivity contribution >= 4 is 12.6 Å². The Morgan fingerprint density at radius 2 is 1.57 bits per heavy atom. The lowest BCUT2D eigenvalue weighted by Crippen LogP contribution is -2.41. The van der Waals surface area contributed by atoms with Crippen molar-refractivity contribution in [3.05, 3.63) is 48.0 Å². The quantitative estimate of drug-likeness (QED) is 0.754. The molecular formula is C19H21BO3. The Morgan fingerprint density at radius 1 is 0.870 bits per heavy atom. The molecule has 3 nitrogen and oxygen atoms in total. The van der Waals surface area contributed by atoms with E-state index in [1.165, 1.54) is 11.1 Å². The molecule has 0 N–H and O–H groups in total. The van der Waals surface area contributed by atoms with Crippen LogP contribution in [-0.2, 0) is 15.9 Å². The molecule has 0 saturated carbocycles. The zero-order valence-electron chi connectivity index (χ0n) is 14.1. The smallest absolute Gasteiger partial charge is 0.488 e. The number of hydrogen-bond acceptors (Lipinski definition) is 3. The summed E-state index contributed by atoms with van der Waals surface area (Å²) in [5, 5.41) is 0. The molecule has 0 bridgehead atoms. The number of ether oxygens (including phenoxy) is 1. The maximum absolute atomic E-state index is 6.25. The fourth-order valence-electron chi connectivity index (χ4n) is 3.17. The van der Waals surface area contributed by atoms with E-state index in [1.54, 1.807) is 0 Å². The lowest BCUT2D eigenvalue weighted by Gasteiger charge is -2.32. The maximum atomic E-state index is 6.25. The number of rotatable bonds is 1. The fraction of sp³-hybridized carbons (Fsp3) is 0.368. The van der Waals surface area contributed by atoms with Crippen LogP contribution in [-0.4, -0.2) is 18.3 Å². The Balaban J connectivity index is 1.85. The molecule has 0 radical (unpaired) electrons. The molecule has 2 heterocycles. The number of fused-ring (bicyclic) bond motifs is 3. The van der Waals surface area contributed by atoms with Crippen LogP contribution in [0.1, 0.15) is 33.3 Å². The first-order valence-electron chi connectivity index (χ1n) is 8.09. The van der Waals surface area contributed by atoms with Crippen molar-refractivity contribution in [1.29, 1.82) is 0 Å². The second-order valence-electron chi connectivity index (χ2n) is 7.25. The van der Waals surface area contributed by atoms with Gasteiger partial charge >= 0.3 is 7.12 Å². The van der Waals surface area contributed by atoms with Crippen LogP contribution < -0.4 is 10.2 Å². The molecule has 0 aromatic heterocycles. The van der Waals surface area contributed by atoms with E-state index < -0.39 is 0 Å². The number of benzene rings is 2. The monoisotopic (exact) mass is 308 g/mol. The van der Waals surface area contributed by atoms with E-state index in [9.17, 15) is 0 Å². The third-order valence-electron chi connectivity index (χ3n) is 5.24. The van der Waals surface area contributed by atoms with Gasteiger partial charge in [-0.15, -0.1) is 0 Å². The van der Waals surface area contributed by atoms with Gasteiger partial charge in [-0.05, 0) is 50.4 Å². The van der Waals surface area contributed by atoms with Gasteiger partial charge in [0.25, 0.3) is 0 Å². The van der Waals surface area contributed by atoms with E-state index in [0.717, 1.165) is 16.8 Å². The zero-order chi connectivity index (χ0) is 16.2. The largest absolute Gasteiger partial charge is 0.495 e. The van der Waals surface area contributed by atoms with Gasteiger partial charge in [-0.3, -0.25) is 0 Å². The zero-order valence-corrected chi connectivity index (χ0v) is 14.1. The van der Waals surface area contributed by atoms with Crippen molar-refractivity contribution in [2.45, 2.75) is 45.5 Å². The standard InChI is InChI=1S/C19H21BO3/c1-18(2)19(3,4)23-20(22-18)15-10-7-11-16-17(15)14-9-6-5-8-13(14)12-21-16/h5-11H,12H2,1-4H3. The molecule has 0 atom stereocenters. The Bertz CT molecular complexity index is 751. The van der Waals surface area contributed by atoms with Crippen LogP contribution in [0.2, 0.25) is 0 Å². The molecule has 1 saturated heterocycles. The van der Waals surface area contributed by atoms with E-state index in [4.69, 9.17) is 14.0 Å². The molecule has 2 aliphatic rings. The van der Waals surface area contributed by atoms with Crippen molar-refractivity contribution in [2.24, 2.45) is 0 Å². The first-order chi connectivity index (χ1) is 10.9. The molecule has 2 aliphatic heterocycles. The third kappa shape index (κ3) is 2.20. The van der Waals surface area contributed by atoms with Crippen LogP contribution in [0.3, 0.4) is 0 Å². The Kier molecular flexibility index (Phi) is 3.13. The average molecular weight is 308 g/mol. The Labute approximate surface area is 137 Å². The molecule has 2 aromatic rings. The minimum atomic E-state index is -0.385. The van der Waals surface area contributed by atoms with Crippen molar-refractivity contribution in [3.63, 3.8) is 0 Å². The van der Waals surface area contributed by atoms with Gasteiger partial charge in [0.05, 0.1) is 11.2 Å². The average Bonchev–Trinajstić information content (AvgIpc) is 2.74. The minimum Gasteiger partial charge on any atom is -0.488 e. The van der Waals surface area contributed by atoms with Gasteiger partial charge in [0.15, 0.2) is 0 Å². The van der Waals surface area contributed by atoms with Crippen molar-refractivity contribution in [1.82, 2.24) is 0 Å². The SMILES string of the molecule is CC1(C)OB(c2cccc3c2-c2ccccc2CO3)OC1(C)C. The molecule has 23 heavy (non-hydrogen) atoms. The summed E-state index contributed by atoms with van der Waals surface area (Å²) in [6.07, 6.45) is 0. The highest BCUT2D eigenvalue weighted by Gasteiger charge is 2.52. The fourth-order valence-corrected chi connectivity index (χ4v) is 3.17. The molecule has 1 fully saturated rings. The summed E-state index contributed by atoms with van der Waals surface area (Å²) in [4.78, 5) is 0. The summed E-state index contributed by atoms with van der Waals surface area (Å²) in [7, 11) is -0.385. The van der Waals surface area contributed by atoms with Crippen LogP contribution in [0.4, 0.5) is 0 Å². The maximum Gasteiger partial charge on any atom is 0.495 e. The number of hydrogen-bond donors (Lipinski definition) is 0. The summed E-state index contributed by atoms with van der Waals surface area (Å²) < 4.78 is 18.4. The van der Waals surface area contributed by atoms with Gasteiger partial charge < -0.3 is 14.0 Å². The molecule has 2 aromatic carbocycles. The molecule has 0 spiro atoms. The second-order valence-corrected chi connectivity index (χ2v) is 7.25. The van der Waals surface area contributed by atoms with Crippen molar-refractivity contribution in [3.8, 4) is 16.9 Å². The van der Waals surface area contributed by atoms with Crippen molar-refractivity contribution < 1.29 is 14.0 Å². The lowest BCUT2D eigenvalue weighted by molar-refractivity contribution is 0.00578. The highest BCUT2D eigenvalue weighted by molar-refractivity contribution is 6.64. The predicted molar refractivity (Wildman–Crippen MR) is 91.9 cm³/mol. The molecule has 0 unspecified atom stereocenters. The van der Waals surface area contributed by atoms with E-state index in [0.29, 0.717) is 6.61 Å². The van der Waals surface area contributed by atoms with Crippen LogP contribution in [0.25, 0.3) is 11.1 Å². The summed E-state index contributed by atoms with van der Waals surface area (Å²) in [5.74, 6) is 0.899. The first kappa shape index (κ1) is 14.8. The van der Waals surface area contributed by atoms with Gasteiger partial charge in [0.2, 0.25) is 0 Å². The Hall–Kier alpha value is -1.78. The third-order valence-corrected chi connectivity index (χ3v) is 5.24. The first-order valence-corrected chi connectivity index (χ1v) is 8.09. The van der Waals surface area contributed by atoms with Gasteiger partial charge in [-0.1, -0.05) is 36.4 Å². The van der Waals surface area contributed by atoms with Crippen LogP contribution in [0, 0.1) is 0 Å². The lowest BCUT2D eigenvalue weighted by atomic mass is 9.73. The molecule has 4 rings (SSSR count). The topological polar surface area (TPSA) is 27.7 Å². The van der Waals surface area contributed by atoms with Gasteiger partial charge in [0.1, 0.15) is 12.4 Å². The van der Waals surface area contributed by atoms with Gasteiger partial charge in [0, 0.05) is 5.56 Å². The summed E-state index contributed by atoms with van der Waals surface area (Å²) >= 11 is 0. The highest BCUT2D eigenvalue weighted by atomic mass is 16.7. The van der Waals surface area contributed by atoms with E-state index >= 15 is 0 Å². The van der Waals surface area contributed by atoms with Crippen molar-refractivity contribution in [2.75, 3.05) is 0 Å². The predicted octanol–water partition coefficient (Wildman–Crippen LogP) is 3.55. The molecule has 0 aliphatic carbocycles. The minimum absolute atomic E-state index is 0.352.